The molecule has 0 spiro atoms. The van der Waals surface area contributed by atoms with E-state index in [9.17, 15) is 18.4 Å². The van der Waals surface area contributed by atoms with Gasteiger partial charge in [-0.15, -0.1) is 6.42 Å². The molecule has 1 heterocycles. The molecule has 0 fully saturated rings. The Hall–Kier alpha value is -2.88. The van der Waals surface area contributed by atoms with E-state index in [4.69, 9.17) is 6.42 Å². The first-order valence-corrected chi connectivity index (χ1v) is 6.78. The minimum Gasteiger partial charge on any atom is -0.341 e. The highest BCUT2D eigenvalue weighted by molar-refractivity contribution is 5.95. The Bertz CT molecular complexity index is 859. The van der Waals surface area contributed by atoms with Crippen LogP contribution in [0.1, 0.15) is 21.6 Å². The van der Waals surface area contributed by atoms with Gasteiger partial charge in [-0.25, -0.2) is 13.5 Å². The Kier molecular flexibility index (Phi) is 4.65. The maximum atomic E-state index is 13.3. The number of aromatic nitrogens is 2. The normalized spacial score (nSPS) is 10.4. The second-order valence-electron chi connectivity index (χ2n) is 4.98. The van der Waals surface area contributed by atoms with Gasteiger partial charge >= 0.3 is 0 Å². The van der Waals surface area contributed by atoms with Crippen LogP contribution in [0.5, 0.6) is 0 Å². The SMILES string of the molecule is C#CCNC(=O)c1c(C)n(C)n(Cc2ccc(F)c(F)c2)c1=O. The molecule has 7 heteroatoms. The fourth-order valence-corrected chi connectivity index (χ4v) is 2.23. The van der Waals surface area contributed by atoms with Gasteiger partial charge in [0.05, 0.1) is 13.1 Å². The van der Waals surface area contributed by atoms with Crippen molar-refractivity contribution in [1.29, 1.82) is 0 Å². The summed E-state index contributed by atoms with van der Waals surface area (Å²) >= 11 is 0. The lowest BCUT2D eigenvalue weighted by molar-refractivity contribution is 0.0957. The summed E-state index contributed by atoms with van der Waals surface area (Å²) in [6, 6.07) is 3.39. The van der Waals surface area contributed by atoms with Crippen LogP contribution in [-0.4, -0.2) is 21.8 Å². The molecule has 0 aliphatic rings. The van der Waals surface area contributed by atoms with E-state index < -0.39 is 23.1 Å². The smallest absolute Gasteiger partial charge is 0.280 e. The molecule has 0 bridgehead atoms. The summed E-state index contributed by atoms with van der Waals surface area (Å²) in [5.41, 5.74) is 0.309. The summed E-state index contributed by atoms with van der Waals surface area (Å²) in [6.07, 6.45) is 5.08. The summed E-state index contributed by atoms with van der Waals surface area (Å²) in [5, 5.41) is 2.44. The number of hydrogen-bond acceptors (Lipinski definition) is 2. The first kappa shape index (κ1) is 16.5. The van der Waals surface area contributed by atoms with E-state index in [2.05, 4.69) is 11.2 Å². The Morgan fingerprint density at radius 3 is 2.65 bits per heavy atom. The van der Waals surface area contributed by atoms with Crippen LogP contribution >= 0.6 is 0 Å². The lowest BCUT2D eigenvalue weighted by Gasteiger charge is -2.08. The van der Waals surface area contributed by atoms with Crippen molar-refractivity contribution in [2.45, 2.75) is 13.5 Å². The first-order valence-electron chi connectivity index (χ1n) is 6.78. The Morgan fingerprint density at radius 2 is 2.04 bits per heavy atom. The van der Waals surface area contributed by atoms with Crippen LogP contribution in [0.15, 0.2) is 23.0 Å². The van der Waals surface area contributed by atoms with E-state index in [-0.39, 0.29) is 18.7 Å². The van der Waals surface area contributed by atoms with Gasteiger partial charge in [-0.2, -0.15) is 0 Å². The number of terminal acetylenes is 1. The predicted octanol–water partition coefficient (Wildman–Crippen LogP) is 1.18. The third kappa shape index (κ3) is 3.16. The average molecular weight is 319 g/mol. The van der Waals surface area contributed by atoms with Crippen LogP contribution < -0.4 is 10.9 Å². The van der Waals surface area contributed by atoms with Gasteiger partial charge in [-0.1, -0.05) is 12.0 Å². The zero-order valence-electron chi connectivity index (χ0n) is 12.7. The molecule has 0 unspecified atom stereocenters. The Morgan fingerprint density at radius 1 is 1.35 bits per heavy atom. The van der Waals surface area contributed by atoms with Gasteiger partial charge in [-0.05, 0) is 24.6 Å². The molecule has 1 aromatic carbocycles. The van der Waals surface area contributed by atoms with Gasteiger partial charge in [0.2, 0.25) is 0 Å². The minimum atomic E-state index is -0.992. The van der Waals surface area contributed by atoms with Crippen LogP contribution in [0.25, 0.3) is 0 Å². The monoisotopic (exact) mass is 319 g/mol. The molecule has 2 aromatic rings. The summed E-state index contributed by atoms with van der Waals surface area (Å²) in [6.45, 7) is 1.64. The highest BCUT2D eigenvalue weighted by atomic mass is 19.2. The molecule has 5 nitrogen and oxygen atoms in total. The molecule has 1 amide bonds. The topological polar surface area (TPSA) is 56.0 Å². The highest BCUT2D eigenvalue weighted by Gasteiger charge is 2.21. The van der Waals surface area contributed by atoms with Gasteiger partial charge in [0.25, 0.3) is 11.5 Å². The van der Waals surface area contributed by atoms with Crippen molar-refractivity contribution < 1.29 is 13.6 Å². The molecule has 0 aliphatic heterocycles. The van der Waals surface area contributed by atoms with E-state index in [1.807, 2.05) is 0 Å². The van der Waals surface area contributed by atoms with Crippen molar-refractivity contribution in [3.8, 4) is 12.3 Å². The molecule has 2 rings (SSSR count). The van der Waals surface area contributed by atoms with Gasteiger partial charge in [0.15, 0.2) is 11.6 Å². The van der Waals surface area contributed by atoms with E-state index in [1.54, 1.807) is 14.0 Å². The standard InChI is InChI=1S/C16H15F2N3O2/c1-4-7-19-15(22)14-10(2)20(3)21(16(14)23)9-11-5-6-12(17)13(18)8-11/h1,5-6,8H,7,9H2,2-3H3,(H,19,22). The van der Waals surface area contributed by atoms with Crippen LogP contribution in [-0.2, 0) is 13.6 Å². The maximum absolute atomic E-state index is 13.3. The van der Waals surface area contributed by atoms with Gasteiger partial charge in [0.1, 0.15) is 5.56 Å². The van der Waals surface area contributed by atoms with Crippen molar-refractivity contribution in [2.24, 2.45) is 7.05 Å². The molecule has 1 N–H and O–H groups in total. The number of amides is 1. The van der Waals surface area contributed by atoms with Crippen LogP contribution in [0.4, 0.5) is 8.78 Å². The number of benzene rings is 1. The number of nitrogens with zero attached hydrogens (tertiary/aromatic N) is 2. The van der Waals surface area contributed by atoms with Crippen molar-refractivity contribution in [3.05, 3.63) is 57.0 Å². The quantitative estimate of drug-likeness (QED) is 0.861. The lowest BCUT2D eigenvalue weighted by Crippen LogP contribution is -2.31. The molecule has 120 valence electrons. The van der Waals surface area contributed by atoms with Crippen LogP contribution in [0, 0.1) is 30.9 Å². The third-order valence-electron chi connectivity index (χ3n) is 3.55. The number of rotatable bonds is 4. The van der Waals surface area contributed by atoms with Crippen LogP contribution in [0.2, 0.25) is 0 Å². The summed E-state index contributed by atoms with van der Waals surface area (Å²) < 4.78 is 29.0. The third-order valence-corrected chi connectivity index (χ3v) is 3.55. The number of carbonyl (C=O) groups excluding carboxylic acids is 1. The average Bonchev–Trinajstić information content (AvgIpc) is 2.72. The molecule has 0 saturated carbocycles. The largest absolute Gasteiger partial charge is 0.341 e. The van der Waals surface area contributed by atoms with Crippen molar-refractivity contribution >= 4 is 5.91 Å². The fourth-order valence-electron chi connectivity index (χ4n) is 2.23. The second-order valence-corrected chi connectivity index (χ2v) is 4.98. The summed E-state index contributed by atoms with van der Waals surface area (Å²) in [7, 11) is 1.61. The molecular weight excluding hydrogens is 304 g/mol. The van der Waals surface area contributed by atoms with Gasteiger partial charge < -0.3 is 5.32 Å². The molecule has 0 aliphatic carbocycles. The number of nitrogens with one attached hydrogen (secondary N) is 1. The zero-order valence-corrected chi connectivity index (χ0v) is 12.7. The lowest BCUT2D eigenvalue weighted by atomic mass is 10.2. The maximum Gasteiger partial charge on any atom is 0.280 e. The fraction of sp³-hybridized carbons (Fsp3) is 0.250. The van der Waals surface area contributed by atoms with E-state index >= 15 is 0 Å². The highest BCUT2D eigenvalue weighted by Crippen LogP contribution is 2.11. The number of carbonyl (C=O) groups is 1. The Balaban J connectivity index is 2.40. The summed E-state index contributed by atoms with van der Waals surface area (Å²) in [4.78, 5) is 24.5. The van der Waals surface area contributed by atoms with Gasteiger partial charge in [0, 0.05) is 12.7 Å². The molecule has 1 aromatic heterocycles. The Labute approximate surface area is 131 Å². The predicted molar refractivity (Wildman–Crippen MR) is 81.0 cm³/mol. The van der Waals surface area contributed by atoms with Crippen molar-refractivity contribution in [3.63, 3.8) is 0 Å². The van der Waals surface area contributed by atoms with E-state index in [1.165, 1.54) is 15.4 Å². The van der Waals surface area contributed by atoms with E-state index in [0.717, 1.165) is 12.1 Å². The number of hydrogen-bond donors (Lipinski definition) is 1. The summed E-state index contributed by atoms with van der Waals surface area (Å²) in [5.74, 6) is -0.261. The van der Waals surface area contributed by atoms with Crippen LogP contribution in [0.3, 0.4) is 0 Å². The first-order chi connectivity index (χ1) is 10.9. The molecule has 0 radical (unpaired) electrons. The van der Waals surface area contributed by atoms with Gasteiger partial charge in [-0.3, -0.25) is 14.3 Å². The molecule has 0 atom stereocenters. The molecule has 0 saturated heterocycles. The van der Waals surface area contributed by atoms with E-state index in [0.29, 0.717) is 11.3 Å². The number of halogens is 2. The molecule has 23 heavy (non-hydrogen) atoms. The van der Waals surface area contributed by atoms with Crippen molar-refractivity contribution in [1.82, 2.24) is 14.7 Å². The second kappa shape index (κ2) is 6.48. The zero-order chi connectivity index (χ0) is 17.1. The van der Waals surface area contributed by atoms with Crippen molar-refractivity contribution in [2.75, 3.05) is 6.54 Å². The molecular formula is C16H15F2N3O2. The minimum absolute atomic E-state index is 0.00970.